The summed E-state index contributed by atoms with van der Waals surface area (Å²) in [4.78, 5) is 3.92. The second kappa shape index (κ2) is 4.60. The van der Waals surface area contributed by atoms with Crippen LogP contribution < -0.4 is 0 Å². The Hall–Kier alpha value is -0.266. The molecule has 0 aliphatic heterocycles. The van der Waals surface area contributed by atoms with Gasteiger partial charge in [0.1, 0.15) is 0 Å². The summed E-state index contributed by atoms with van der Waals surface area (Å²) < 4.78 is 0. The molecule has 0 aliphatic carbocycles. The first kappa shape index (κ1) is 8.73. The fraction of sp³-hybridized carbons (Fsp3) is 0.286. The first-order valence-electron chi connectivity index (χ1n) is 2.74. The molecule has 0 saturated heterocycles. The van der Waals surface area contributed by atoms with Gasteiger partial charge in [-0.1, -0.05) is 25.7 Å². The van der Waals surface area contributed by atoms with Gasteiger partial charge in [0.2, 0.25) is 0 Å². The Morgan fingerprint density at radius 3 is 2.78 bits per heavy atom. The third-order valence-corrected chi connectivity index (χ3v) is 1.04. The van der Waals surface area contributed by atoms with Crippen LogP contribution in [0.1, 0.15) is 12.5 Å². The molecule has 9 heavy (non-hydrogen) atoms. The van der Waals surface area contributed by atoms with Gasteiger partial charge in [-0.15, -0.1) is 5.56 Å². The van der Waals surface area contributed by atoms with Crippen molar-refractivity contribution in [2.75, 3.05) is 0 Å². The quantitative estimate of drug-likeness (QED) is 0.562. The van der Waals surface area contributed by atoms with Crippen LogP contribution in [0.5, 0.6) is 0 Å². The SMILES string of the molecule is CCc1[c-]ccnc1.[V+2]. The Balaban J connectivity index is 0.000000640. The molecule has 0 N–H and O–H groups in total. The zero-order chi connectivity index (χ0) is 5.82. The monoisotopic (exact) mass is 157 g/mol. The topological polar surface area (TPSA) is 12.9 Å². The van der Waals surface area contributed by atoms with Crippen molar-refractivity contribution in [2.24, 2.45) is 0 Å². The van der Waals surface area contributed by atoms with Crippen molar-refractivity contribution in [3.05, 3.63) is 30.1 Å². The van der Waals surface area contributed by atoms with Gasteiger partial charge in [-0.2, -0.15) is 12.1 Å². The normalized spacial score (nSPS) is 8.11. The molecule has 1 radical (unpaired) electrons. The average Bonchev–Trinajstić information content (AvgIpc) is 1.90. The molecular weight excluding hydrogens is 149 g/mol. The molecule has 0 atom stereocenters. The van der Waals surface area contributed by atoms with Crippen molar-refractivity contribution in [2.45, 2.75) is 13.3 Å². The van der Waals surface area contributed by atoms with Gasteiger partial charge in [-0.05, 0) is 0 Å². The molecule has 1 rings (SSSR count). The van der Waals surface area contributed by atoms with Gasteiger partial charge in [0.25, 0.3) is 0 Å². The number of aromatic nitrogens is 1. The summed E-state index contributed by atoms with van der Waals surface area (Å²) in [7, 11) is 0. The molecule has 0 bridgehead atoms. The summed E-state index contributed by atoms with van der Waals surface area (Å²) >= 11 is 0. The molecule has 1 aromatic heterocycles. The second-order valence-electron chi connectivity index (χ2n) is 1.62. The van der Waals surface area contributed by atoms with E-state index in [0.29, 0.717) is 0 Å². The predicted molar refractivity (Wildman–Crippen MR) is 32.5 cm³/mol. The summed E-state index contributed by atoms with van der Waals surface area (Å²) in [5, 5.41) is 0. The number of hydrogen-bond acceptors (Lipinski definition) is 1. The molecule has 1 aromatic rings. The maximum Gasteiger partial charge on any atom is 2.00 e. The van der Waals surface area contributed by atoms with Crippen LogP contribution in [0.2, 0.25) is 0 Å². The van der Waals surface area contributed by atoms with Gasteiger partial charge in [0, 0.05) is 0 Å². The van der Waals surface area contributed by atoms with Crippen molar-refractivity contribution in [1.82, 2.24) is 4.98 Å². The van der Waals surface area contributed by atoms with Crippen LogP contribution in [0.3, 0.4) is 0 Å². The summed E-state index contributed by atoms with van der Waals surface area (Å²) in [5.41, 5.74) is 1.17. The molecule has 0 spiro atoms. The smallest absolute Gasteiger partial charge is 0.391 e. The standard InChI is InChI=1S/C7H8N.V/c1-2-7-4-3-5-8-6-7;/h3,5-6H,2H2,1H3;/q-1;+2. The fourth-order valence-electron chi connectivity index (χ4n) is 0.551. The number of pyridine rings is 1. The van der Waals surface area contributed by atoms with E-state index in [2.05, 4.69) is 18.0 Å². The molecule has 0 aromatic carbocycles. The first-order valence-corrected chi connectivity index (χ1v) is 2.74. The third kappa shape index (κ3) is 2.68. The van der Waals surface area contributed by atoms with E-state index in [1.165, 1.54) is 5.56 Å². The molecule has 0 amide bonds. The van der Waals surface area contributed by atoms with E-state index >= 15 is 0 Å². The van der Waals surface area contributed by atoms with Gasteiger partial charge < -0.3 is 4.98 Å². The largest absolute Gasteiger partial charge is 2.00 e. The maximum absolute atomic E-state index is 3.92. The number of hydrogen-bond donors (Lipinski definition) is 0. The van der Waals surface area contributed by atoms with Crippen LogP contribution in [-0.2, 0) is 25.0 Å². The van der Waals surface area contributed by atoms with Gasteiger partial charge in [-0.25, -0.2) is 0 Å². The Kier molecular flexibility index (Phi) is 4.46. The fourth-order valence-corrected chi connectivity index (χ4v) is 0.551. The van der Waals surface area contributed by atoms with Gasteiger partial charge in [-0.3, -0.25) is 0 Å². The first-order chi connectivity index (χ1) is 3.93. The van der Waals surface area contributed by atoms with E-state index < -0.39 is 0 Å². The summed E-state index contributed by atoms with van der Waals surface area (Å²) in [6.07, 6.45) is 4.59. The Morgan fingerprint density at radius 2 is 2.44 bits per heavy atom. The van der Waals surface area contributed by atoms with E-state index in [-0.39, 0.29) is 18.6 Å². The molecule has 0 fully saturated rings. The Labute approximate surface area is 67.4 Å². The van der Waals surface area contributed by atoms with Gasteiger partial charge >= 0.3 is 18.6 Å². The Bertz CT molecular complexity index is 150. The third-order valence-electron chi connectivity index (χ3n) is 1.04. The molecule has 1 heterocycles. The van der Waals surface area contributed by atoms with Crippen LogP contribution in [0.4, 0.5) is 0 Å². The van der Waals surface area contributed by atoms with E-state index in [4.69, 9.17) is 0 Å². The van der Waals surface area contributed by atoms with Crippen LogP contribution in [-0.4, -0.2) is 4.98 Å². The molecule has 2 heteroatoms. The summed E-state index contributed by atoms with van der Waals surface area (Å²) in [5.74, 6) is 0. The van der Waals surface area contributed by atoms with Crippen molar-refractivity contribution >= 4 is 0 Å². The van der Waals surface area contributed by atoms with Gasteiger partial charge in [0.15, 0.2) is 0 Å². The molecular formula is C7H8NV+. The van der Waals surface area contributed by atoms with E-state index in [1.807, 2.05) is 12.3 Å². The van der Waals surface area contributed by atoms with Crippen molar-refractivity contribution < 1.29 is 18.6 Å². The van der Waals surface area contributed by atoms with Crippen LogP contribution in [0, 0.1) is 6.07 Å². The number of aryl methyl sites for hydroxylation is 1. The second-order valence-corrected chi connectivity index (χ2v) is 1.62. The summed E-state index contributed by atoms with van der Waals surface area (Å²) in [6, 6.07) is 4.89. The van der Waals surface area contributed by atoms with Crippen molar-refractivity contribution in [3.63, 3.8) is 0 Å². The van der Waals surface area contributed by atoms with Crippen LogP contribution >= 0.6 is 0 Å². The molecule has 0 unspecified atom stereocenters. The number of rotatable bonds is 1. The zero-order valence-electron chi connectivity index (χ0n) is 5.33. The van der Waals surface area contributed by atoms with Gasteiger partial charge in [0.05, 0.1) is 0 Å². The minimum absolute atomic E-state index is 0. The molecule has 1 nitrogen and oxygen atoms in total. The Morgan fingerprint density at radius 1 is 1.67 bits per heavy atom. The van der Waals surface area contributed by atoms with E-state index in [9.17, 15) is 0 Å². The minimum atomic E-state index is 0. The van der Waals surface area contributed by atoms with Crippen LogP contribution in [0.15, 0.2) is 18.5 Å². The average molecular weight is 157 g/mol. The number of nitrogens with zero attached hydrogens (tertiary/aromatic N) is 1. The van der Waals surface area contributed by atoms with E-state index in [1.54, 1.807) is 6.20 Å². The van der Waals surface area contributed by atoms with Crippen molar-refractivity contribution in [1.29, 1.82) is 0 Å². The summed E-state index contributed by atoms with van der Waals surface area (Å²) in [6.45, 7) is 2.09. The molecule has 0 saturated carbocycles. The minimum Gasteiger partial charge on any atom is -0.391 e. The van der Waals surface area contributed by atoms with E-state index in [0.717, 1.165) is 6.42 Å². The maximum atomic E-state index is 3.92. The zero-order valence-corrected chi connectivity index (χ0v) is 6.73. The van der Waals surface area contributed by atoms with Crippen molar-refractivity contribution in [3.8, 4) is 0 Å². The molecule has 0 aliphatic rings. The predicted octanol–water partition coefficient (Wildman–Crippen LogP) is 1.44. The molecule has 45 valence electrons. The van der Waals surface area contributed by atoms with Crippen LogP contribution in [0.25, 0.3) is 0 Å².